The molecule has 1 N–H and O–H groups in total. The minimum Gasteiger partial charge on any atom is -0.395 e. The summed E-state index contributed by atoms with van der Waals surface area (Å²) in [6.07, 6.45) is 0. The minimum atomic E-state index is 0.0900. The number of benzene rings is 1. The maximum absolute atomic E-state index is 9.16. The van der Waals surface area contributed by atoms with Crippen molar-refractivity contribution in [2.24, 2.45) is 7.05 Å². The lowest BCUT2D eigenvalue weighted by Crippen LogP contribution is -2.24. The minimum absolute atomic E-state index is 0.0900. The zero-order valence-electron chi connectivity index (χ0n) is 13.7. The van der Waals surface area contributed by atoms with E-state index in [2.05, 4.69) is 13.8 Å². The summed E-state index contributed by atoms with van der Waals surface area (Å²) in [5.41, 5.74) is 1.02. The number of likely N-dealkylation sites (N-methyl/N-ethyl adjacent to an activating group) is 1. The average molecular weight is 374 g/mol. The number of hydrogen-bond acceptors (Lipinski definition) is 4. The molecule has 0 saturated heterocycles. The van der Waals surface area contributed by atoms with Crippen molar-refractivity contribution in [1.82, 2.24) is 9.55 Å². The monoisotopic (exact) mass is 373 g/mol. The highest BCUT2D eigenvalue weighted by atomic mass is 35.5. The predicted octanol–water partition coefficient (Wildman–Crippen LogP) is 4.43. The molecule has 0 aliphatic heterocycles. The summed E-state index contributed by atoms with van der Waals surface area (Å²) in [7, 11) is 3.91. The summed E-state index contributed by atoms with van der Waals surface area (Å²) >= 11 is 13.8. The van der Waals surface area contributed by atoms with Crippen LogP contribution in [0.4, 0.5) is 5.95 Å². The molecule has 4 nitrogen and oxygen atoms in total. The number of aromatic nitrogens is 2. The van der Waals surface area contributed by atoms with E-state index in [0.717, 1.165) is 21.6 Å². The van der Waals surface area contributed by atoms with Gasteiger partial charge in [-0.1, -0.05) is 48.8 Å². The lowest BCUT2D eigenvalue weighted by atomic mass is 10.2. The van der Waals surface area contributed by atoms with Crippen molar-refractivity contribution in [3.8, 4) is 0 Å². The van der Waals surface area contributed by atoms with E-state index in [1.807, 2.05) is 35.7 Å². The van der Waals surface area contributed by atoms with E-state index in [1.54, 1.807) is 17.8 Å². The third-order valence-electron chi connectivity index (χ3n) is 3.42. The van der Waals surface area contributed by atoms with Crippen molar-refractivity contribution in [2.75, 3.05) is 25.1 Å². The molecule has 1 heterocycles. The molecule has 2 aromatic rings. The summed E-state index contributed by atoms with van der Waals surface area (Å²) < 4.78 is 2.05. The molecule has 0 bridgehead atoms. The quantitative estimate of drug-likeness (QED) is 0.812. The van der Waals surface area contributed by atoms with Crippen molar-refractivity contribution in [3.63, 3.8) is 0 Å². The fourth-order valence-corrected chi connectivity index (χ4v) is 4.14. The highest BCUT2D eigenvalue weighted by molar-refractivity contribution is 7.99. The summed E-state index contributed by atoms with van der Waals surface area (Å²) in [5, 5.41) is 11.4. The van der Waals surface area contributed by atoms with Crippen LogP contribution in [0.5, 0.6) is 0 Å². The third-order valence-corrected chi connectivity index (χ3v) is 5.00. The van der Waals surface area contributed by atoms with Gasteiger partial charge in [-0.25, -0.2) is 4.98 Å². The van der Waals surface area contributed by atoms with E-state index in [0.29, 0.717) is 16.6 Å². The summed E-state index contributed by atoms with van der Waals surface area (Å²) in [5.74, 6) is 1.12. The van der Waals surface area contributed by atoms with Crippen LogP contribution in [0.1, 0.15) is 25.5 Å². The Balaban J connectivity index is 2.43. The van der Waals surface area contributed by atoms with Gasteiger partial charge in [0.2, 0.25) is 5.95 Å². The van der Waals surface area contributed by atoms with E-state index in [9.17, 15) is 0 Å². The summed E-state index contributed by atoms with van der Waals surface area (Å²) in [6, 6.07) is 5.51. The van der Waals surface area contributed by atoms with Crippen LogP contribution in [0.25, 0.3) is 0 Å². The Morgan fingerprint density at radius 1 is 1.26 bits per heavy atom. The molecular weight excluding hydrogens is 353 g/mol. The highest BCUT2D eigenvalue weighted by Crippen LogP contribution is 2.38. The van der Waals surface area contributed by atoms with Crippen LogP contribution in [-0.2, 0) is 7.05 Å². The van der Waals surface area contributed by atoms with Crippen molar-refractivity contribution < 1.29 is 5.11 Å². The first-order valence-corrected chi connectivity index (χ1v) is 8.93. The zero-order valence-corrected chi connectivity index (χ0v) is 16.0. The number of aliphatic hydroxyl groups excluding tert-OH is 1. The molecule has 23 heavy (non-hydrogen) atoms. The number of nitrogens with zero attached hydrogens (tertiary/aromatic N) is 3. The molecule has 0 atom stereocenters. The normalized spacial score (nSPS) is 11.3. The number of hydrogen-bond donors (Lipinski definition) is 1. The van der Waals surface area contributed by atoms with Crippen LogP contribution in [0.2, 0.25) is 10.0 Å². The molecule has 0 saturated carbocycles. The van der Waals surface area contributed by atoms with Gasteiger partial charge in [-0.2, -0.15) is 0 Å². The molecule has 7 heteroatoms. The molecular formula is C16H21Cl2N3OS. The summed E-state index contributed by atoms with van der Waals surface area (Å²) in [4.78, 5) is 7.68. The molecule has 0 fully saturated rings. The molecule has 0 aliphatic carbocycles. The summed E-state index contributed by atoms with van der Waals surface area (Å²) in [6.45, 7) is 4.86. The fourth-order valence-electron chi connectivity index (χ4n) is 2.28. The molecule has 1 aromatic heterocycles. The van der Waals surface area contributed by atoms with Gasteiger partial charge in [0.25, 0.3) is 0 Å². The first-order valence-electron chi connectivity index (χ1n) is 7.36. The van der Waals surface area contributed by atoms with E-state index < -0.39 is 0 Å². The van der Waals surface area contributed by atoms with Crippen molar-refractivity contribution >= 4 is 40.9 Å². The van der Waals surface area contributed by atoms with Gasteiger partial charge in [0.05, 0.1) is 12.3 Å². The largest absolute Gasteiger partial charge is 0.395 e. The average Bonchev–Trinajstić information content (AvgIpc) is 2.76. The van der Waals surface area contributed by atoms with Crippen molar-refractivity contribution in [1.29, 1.82) is 0 Å². The molecule has 0 aliphatic rings. The van der Waals surface area contributed by atoms with Gasteiger partial charge in [0.1, 0.15) is 5.03 Å². The number of imidazole rings is 1. The first kappa shape index (κ1) is 18.5. The molecule has 2 rings (SSSR count). The lowest BCUT2D eigenvalue weighted by molar-refractivity contribution is 0.303. The highest BCUT2D eigenvalue weighted by Gasteiger charge is 2.20. The Bertz CT molecular complexity index is 668. The molecule has 0 radical (unpaired) electrons. The second-order valence-electron chi connectivity index (χ2n) is 5.67. The van der Waals surface area contributed by atoms with Gasteiger partial charge in [-0.3, -0.25) is 0 Å². The fraction of sp³-hybridized carbons (Fsp3) is 0.438. The van der Waals surface area contributed by atoms with Crippen molar-refractivity contribution in [2.45, 2.75) is 29.7 Å². The first-order chi connectivity index (χ1) is 10.8. The Labute approximate surface area is 151 Å². The maximum Gasteiger partial charge on any atom is 0.206 e. The molecule has 0 spiro atoms. The van der Waals surface area contributed by atoms with E-state index in [1.165, 1.54) is 0 Å². The molecule has 126 valence electrons. The topological polar surface area (TPSA) is 41.3 Å². The number of aliphatic hydroxyl groups is 1. The van der Waals surface area contributed by atoms with Crippen LogP contribution in [0, 0.1) is 0 Å². The standard InChI is InChI=1S/C16H21Cl2N3OS/c1-10(2)14-15(21(4)16(19-14)20(3)5-6-22)23-13-8-11(17)7-12(18)9-13/h7-10,22H,5-6H2,1-4H3. The molecule has 0 amide bonds. The second-order valence-corrected chi connectivity index (χ2v) is 7.60. The van der Waals surface area contributed by atoms with Gasteiger partial charge < -0.3 is 14.6 Å². The molecule has 0 unspecified atom stereocenters. The Morgan fingerprint density at radius 2 is 1.87 bits per heavy atom. The van der Waals surface area contributed by atoms with Crippen LogP contribution in [0.3, 0.4) is 0 Å². The Kier molecular flexibility index (Phi) is 6.26. The van der Waals surface area contributed by atoms with Gasteiger partial charge in [-0.05, 0) is 24.1 Å². The van der Waals surface area contributed by atoms with Crippen LogP contribution >= 0.6 is 35.0 Å². The van der Waals surface area contributed by atoms with Gasteiger partial charge in [0, 0.05) is 35.6 Å². The van der Waals surface area contributed by atoms with Gasteiger partial charge in [0.15, 0.2) is 0 Å². The second kappa shape index (κ2) is 7.79. The van der Waals surface area contributed by atoms with Crippen LogP contribution in [0.15, 0.2) is 28.1 Å². The zero-order chi connectivity index (χ0) is 17.1. The third kappa shape index (κ3) is 4.35. The number of halogens is 2. The Morgan fingerprint density at radius 3 is 2.39 bits per heavy atom. The number of rotatable bonds is 6. The maximum atomic E-state index is 9.16. The van der Waals surface area contributed by atoms with E-state index in [-0.39, 0.29) is 12.5 Å². The predicted molar refractivity (Wildman–Crippen MR) is 98.2 cm³/mol. The Hall–Kier alpha value is -0.880. The van der Waals surface area contributed by atoms with E-state index >= 15 is 0 Å². The van der Waals surface area contributed by atoms with Crippen molar-refractivity contribution in [3.05, 3.63) is 33.9 Å². The van der Waals surface area contributed by atoms with Gasteiger partial charge in [-0.15, -0.1) is 0 Å². The number of anilines is 1. The SMILES string of the molecule is CC(C)c1nc(N(C)CCO)n(C)c1Sc1cc(Cl)cc(Cl)c1. The van der Waals surface area contributed by atoms with E-state index in [4.69, 9.17) is 33.3 Å². The molecule has 1 aromatic carbocycles. The smallest absolute Gasteiger partial charge is 0.206 e. The van der Waals surface area contributed by atoms with Crippen LogP contribution in [-0.4, -0.2) is 34.9 Å². The lowest BCUT2D eigenvalue weighted by Gasteiger charge is -2.17. The van der Waals surface area contributed by atoms with Crippen LogP contribution < -0.4 is 4.90 Å². The van der Waals surface area contributed by atoms with Gasteiger partial charge >= 0.3 is 0 Å².